The van der Waals surface area contributed by atoms with Gasteiger partial charge in [-0.2, -0.15) is 5.10 Å². The molecule has 0 amide bonds. The van der Waals surface area contributed by atoms with Crippen LogP contribution in [0, 0.1) is 10.1 Å². The van der Waals surface area contributed by atoms with Gasteiger partial charge in [0.25, 0.3) is 5.69 Å². The first kappa shape index (κ1) is 14.8. The molecule has 0 aliphatic carbocycles. The highest BCUT2D eigenvalue weighted by atomic mass is 32.1. The Labute approximate surface area is 135 Å². The lowest BCUT2D eigenvalue weighted by molar-refractivity contribution is -0.384. The summed E-state index contributed by atoms with van der Waals surface area (Å²) >= 11 is 1.39. The number of nitrogens with one attached hydrogen (secondary N) is 1. The van der Waals surface area contributed by atoms with Gasteiger partial charge in [-0.15, -0.1) is 10.2 Å². The maximum atomic E-state index is 10.6. The third-order valence-corrected chi connectivity index (χ3v) is 3.80. The Morgan fingerprint density at radius 2 is 1.83 bits per heavy atom. The molecule has 8 heteroatoms. The summed E-state index contributed by atoms with van der Waals surface area (Å²) in [4.78, 5) is 10.1. The van der Waals surface area contributed by atoms with Crippen molar-refractivity contribution in [2.75, 3.05) is 5.43 Å². The lowest BCUT2D eigenvalue weighted by Crippen LogP contribution is -1.91. The van der Waals surface area contributed by atoms with Crippen molar-refractivity contribution in [3.63, 3.8) is 0 Å². The number of nitrogens with zero attached hydrogens (tertiary/aromatic N) is 4. The van der Waals surface area contributed by atoms with Crippen LogP contribution in [0.4, 0.5) is 10.8 Å². The van der Waals surface area contributed by atoms with Crippen molar-refractivity contribution in [3.8, 4) is 10.6 Å². The van der Waals surface area contributed by atoms with Crippen LogP contribution in [0.3, 0.4) is 0 Å². The molecule has 0 bridgehead atoms. The minimum Gasteiger partial charge on any atom is -0.258 e. The van der Waals surface area contributed by atoms with Crippen LogP contribution in [0.5, 0.6) is 0 Å². The highest BCUT2D eigenvalue weighted by Crippen LogP contribution is 2.25. The summed E-state index contributed by atoms with van der Waals surface area (Å²) in [5.41, 5.74) is 4.59. The number of hydrogen-bond acceptors (Lipinski definition) is 7. The third kappa shape index (κ3) is 3.74. The van der Waals surface area contributed by atoms with Crippen molar-refractivity contribution in [1.29, 1.82) is 0 Å². The van der Waals surface area contributed by atoms with Crippen LogP contribution in [0.15, 0.2) is 59.7 Å². The van der Waals surface area contributed by atoms with Gasteiger partial charge in [0.2, 0.25) is 5.13 Å². The van der Waals surface area contributed by atoms with Gasteiger partial charge < -0.3 is 0 Å². The number of hydrazone groups is 1. The predicted octanol–water partition coefficient (Wildman–Crippen LogP) is 3.56. The van der Waals surface area contributed by atoms with Crippen LogP contribution in [-0.4, -0.2) is 21.3 Å². The molecular formula is C15H11N5O2S. The molecule has 0 atom stereocenters. The molecule has 1 N–H and O–H groups in total. The molecule has 3 aromatic rings. The van der Waals surface area contributed by atoms with Crippen molar-refractivity contribution < 1.29 is 4.92 Å². The fraction of sp³-hybridized carbons (Fsp3) is 0. The molecule has 0 saturated heterocycles. The minimum atomic E-state index is -0.439. The zero-order valence-electron chi connectivity index (χ0n) is 11.8. The molecule has 2 aromatic carbocycles. The van der Waals surface area contributed by atoms with Crippen molar-refractivity contribution in [2.24, 2.45) is 5.10 Å². The second-order valence-electron chi connectivity index (χ2n) is 4.50. The lowest BCUT2D eigenvalue weighted by Gasteiger charge is -1.94. The van der Waals surface area contributed by atoms with E-state index in [1.807, 2.05) is 30.3 Å². The van der Waals surface area contributed by atoms with Crippen molar-refractivity contribution >= 4 is 28.4 Å². The first-order valence-corrected chi connectivity index (χ1v) is 7.46. The quantitative estimate of drug-likeness (QED) is 0.440. The van der Waals surface area contributed by atoms with E-state index in [1.54, 1.807) is 18.3 Å². The lowest BCUT2D eigenvalue weighted by atomic mass is 10.2. The average molecular weight is 325 g/mol. The predicted molar refractivity (Wildman–Crippen MR) is 89.7 cm³/mol. The molecular weight excluding hydrogens is 314 g/mol. The van der Waals surface area contributed by atoms with E-state index < -0.39 is 4.92 Å². The molecule has 1 heterocycles. The standard InChI is InChI=1S/C15H11N5O2S/c21-20(22)13-8-6-11(7-9-13)10-16-18-15-19-17-14(23-15)12-4-2-1-3-5-12/h1-10H,(H,18,19)/b16-10-. The highest BCUT2D eigenvalue weighted by Gasteiger charge is 2.05. The molecule has 0 aliphatic rings. The Balaban J connectivity index is 1.64. The normalized spacial score (nSPS) is 10.8. The molecule has 0 unspecified atom stereocenters. The van der Waals surface area contributed by atoms with E-state index in [4.69, 9.17) is 0 Å². The summed E-state index contributed by atoms with van der Waals surface area (Å²) in [7, 11) is 0. The van der Waals surface area contributed by atoms with E-state index in [0.717, 1.165) is 16.1 Å². The van der Waals surface area contributed by atoms with Crippen molar-refractivity contribution in [1.82, 2.24) is 10.2 Å². The van der Waals surface area contributed by atoms with Crippen LogP contribution in [0.25, 0.3) is 10.6 Å². The number of benzene rings is 2. The molecule has 0 spiro atoms. The first-order chi connectivity index (χ1) is 11.2. The van der Waals surface area contributed by atoms with Gasteiger partial charge in [-0.1, -0.05) is 41.7 Å². The third-order valence-electron chi connectivity index (χ3n) is 2.92. The number of nitro benzene ring substituents is 1. The number of nitro groups is 1. The topological polar surface area (TPSA) is 93.3 Å². The zero-order chi connectivity index (χ0) is 16.1. The summed E-state index contributed by atoms with van der Waals surface area (Å²) in [5.74, 6) is 0. The summed E-state index contributed by atoms with van der Waals surface area (Å²) < 4.78 is 0. The van der Waals surface area contributed by atoms with E-state index in [-0.39, 0.29) is 5.69 Å². The molecule has 0 radical (unpaired) electrons. The summed E-state index contributed by atoms with van der Waals surface area (Å²) in [6.45, 7) is 0. The van der Waals surface area contributed by atoms with Gasteiger partial charge in [-0.3, -0.25) is 15.5 Å². The monoisotopic (exact) mass is 325 g/mol. The van der Waals surface area contributed by atoms with Crippen LogP contribution in [0.2, 0.25) is 0 Å². The number of aromatic nitrogens is 2. The Morgan fingerprint density at radius 1 is 1.09 bits per heavy atom. The van der Waals surface area contributed by atoms with Gasteiger partial charge in [-0.05, 0) is 17.7 Å². The molecule has 0 fully saturated rings. The smallest absolute Gasteiger partial charge is 0.258 e. The van der Waals surface area contributed by atoms with E-state index >= 15 is 0 Å². The Hall–Kier alpha value is -3.13. The van der Waals surface area contributed by atoms with Gasteiger partial charge in [0, 0.05) is 17.7 Å². The fourth-order valence-corrected chi connectivity index (χ4v) is 2.51. The molecule has 7 nitrogen and oxygen atoms in total. The average Bonchev–Trinajstić information content (AvgIpc) is 3.05. The Morgan fingerprint density at radius 3 is 2.52 bits per heavy atom. The largest absolute Gasteiger partial charge is 0.269 e. The summed E-state index contributed by atoms with van der Waals surface area (Å²) in [6.07, 6.45) is 1.56. The maximum absolute atomic E-state index is 10.6. The molecule has 0 aliphatic heterocycles. The van der Waals surface area contributed by atoms with E-state index in [9.17, 15) is 10.1 Å². The minimum absolute atomic E-state index is 0.0479. The molecule has 0 saturated carbocycles. The van der Waals surface area contributed by atoms with E-state index in [1.165, 1.54) is 23.5 Å². The van der Waals surface area contributed by atoms with E-state index in [0.29, 0.717) is 5.13 Å². The number of rotatable bonds is 5. The van der Waals surface area contributed by atoms with Gasteiger partial charge in [0.15, 0.2) is 0 Å². The zero-order valence-corrected chi connectivity index (χ0v) is 12.6. The molecule has 3 rings (SSSR count). The van der Waals surface area contributed by atoms with Crippen LogP contribution in [-0.2, 0) is 0 Å². The van der Waals surface area contributed by atoms with Crippen LogP contribution < -0.4 is 5.43 Å². The summed E-state index contributed by atoms with van der Waals surface area (Å²) in [5, 5.41) is 24.1. The second-order valence-corrected chi connectivity index (χ2v) is 5.47. The van der Waals surface area contributed by atoms with Gasteiger partial charge >= 0.3 is 0 Å². The van der Waals surface area contributed by atoms with Gasteiger partial charge in [0.05, 0.1) is 11.1 Å². The second kappa shape index (κ2) is 6.75. The van der Waals surface area contributed by atoms with E-state index in [2.05, 4.69) is 20.7 Å². The van der Waals surface area contributed by atoms with Crippen molar-refractivity contribution in [2.45, 2.75) is 0 Å². The highest BCUT2D eigenvalue weighted by molar-refractivity contribution is 7.18. The Bertz CT molecular complexity index is 831. The number of anilines is 1. The first-order valence-electron chi connectivity index (χ1n) is 6.65. The SMILES string of the molecule is O=[N+]([O-])c1ccc(/C=N\Nc2nnc(-c3ccccc3)s2)cc1. The van der Waals surface area contributed by atoms with Crippen LogP contribution in [0.1, 0.15) is 5.56 Å². The molecule has 1 aromatic heterocycles. The Kier molecular flexibility index (Phi) is 4.34. The number of hydrogen-bond donors (Lipinski definition) is 1. The number of non-ortho nitro benzene ring substituents is 1. The molecule has 23 heavy (non-hydrogen) atoms. The van der Waals surface area contributed by atoms with Gasteiger partial charge in [-0.25, -0.2) is 0 Å². The van der Waals surface area contributed by atoms with Crippen LogP contribution >= 0.6 is 11.3 Å². The van der Waals surface area contributed by atoms with Crippen molar-refractivity contribution in [3.05, 3.63) is 70.3 Å². The maximum Gasteiger partial charge on any atom is 0.269 e. The fourth-order valence-electron chi connectivity index (χ4n) is 1.81. The summed E-state index contributed by atoms with van der Waals surface area (Å²) in [6, 6.07) is 15.9. The molecule has 114 valence electrons. The van der Waals surface area contributed by atoms with Gasteiger partial charge in [0.1, 0.15) is 5.01 Å².